The lowest BCUT2D eigenvalue weighted by Gasteiger charge is -2.15. The largest absolute Gasteiger partial charge is 0.509 e. The van der Waals surface area contributed by atoms with Gasteiger partial charge in [0.05, 0.1) is 5.69 Å². The van der Waals surface area contributed by atoms with Gasteiger partial charge >= 0.3 is 6.98 Å². The van der Waals surface area contributed by atoms with E-state index in [1.54, 1.807) is 0 Å². The van der Waals surface area contributed by atoms with E-state index in [1.807, 2.05) is 0 Å². The minimum Gasteiger partial charge on any atom is -0.445 e. The van der Waals surface area contributed by atoms with Crippen LogP contribution in [0.5, 0.6) is 0 Å². The summed E-state index contributed by atoms with van der Waals surface area (Å²) in [6, 6.07) is 4.85. The first-order chi connectivity index (χ1) is 7.07. The number of nitrogens with zero attached hydrogens (tertiary/aromatic N) is 4. The number of tetrazole rings is 1. The maximum absolute atomic E-state index is 12.4. The highest BCUT2D eigenvalue weighted by molar-refractivity contribution is 6.73. The van der Waals surface area contributed by atoms with Gasteiger partial charge in [0.1, 0.15) is 6.33 Å². The number of halogens is 3. The van der Waals surface area contributed by atoms with Crippen molar-refractivity contribution in [3.63, 3.8) is 0 Å². The molecule has 0 saturated carbocycles. The molecule has 1 aromatic heterocycles. The van der Waals surface area contributed by atoms with Crippen molar-refractivity contribution in [1.82, 2.24) is 20.2 Å². The Morgan fingerprint density at radius 3 is 2.60 bits per heavy atom. The Bertz CT molecular complexity index is 454. The highest BCUT2D eigenvalue weighted by atomic mass is 19.4. The lowest BCUT2D eigenvalue weighted by Crippen LogP contribution is -2.34. The maximum atomic E-state index is 12.4. The fraction of sp³-hybridized carbons (Fsp3) is 0. The molecule has 0 spiro atoms. The molecule has 0 atom stereocenters. The molecule has 0 radical (unpaired) electrons. The molecule has 0 bridgehead atoms. The minimum atomic E-state index is -4.99. The lowest BCUT2D eigenvalue weighted by molar-refractivity contribution is 0.501. The van der Waals surface area contributed by atoms with Crippen LogP contribution in [0, 0.1) is 0 Å². The average molecular weight is 213 g/mol. The molecule has 1 aromatic carbocycles. The van der Waals surface area contributed by atoms with Crippen LogP contribution < -0.4 is 5.46 Å². The highest BCUT2D eigenvalue weighted by Crippen LogP contribution is 2.11. The van der Waals surface area contributed by atoms with Crippen LogP contribution >= 0.6 is 0 Å². The van der Waals surface area contributed by atoms with Gasteiger partial charge in [0.25, 0.3) is 0 Å². The van der Waals surface area contributed by atoms with E-state index in [-0.39, 0.29) is 5.69 Å². The minimum absolute atomic E-state index is 0.289. The summed E-state index contributed by atoms with van der Waals surface area (Å²) in [5, 5.41) is 10.2. The summed E-state index contributed by atoms with van der Waals surface area (Å²) in [7, 11) is 0. The van der Waals surface area contributed by atoms with Crippen LogP contribution in [0.25, 0.3) is 5.69 Å². The van der Waals surface area contributed by atoms with E-state index in [2.05, 4.69) is 15.5 Å². The maximum Gasteiger partial charge on any atom is 0.509 e. The predicted molar refractivity (Wildman–Crippen MR) is 47.9 cm³/mol. The second-order valence-electron chi connectivity index (χ2n) is 2.92. The van der Waals surface area contributed by atoms with E-state index in [4.69, 9.17) is 0 Å². The van der Waals surface area contributed by atoms with Crippen molar-refractivity contribution < 1.29 is 12.9 Å². The monoisotopic (exact) mass is 213 g/mol. The van der Waals surface area contributed by atoms with Gasteiger partial charge in [-0.2, -0.15) is 0 Å². The van der Waals surface area contributed by atoms with Gasteiger partial charge in [-0.25, -0.2) is 4.68 Å². The van der Waals surface area contributed by atoms with Crippen molar-refractivity contribution in [3.05, 3.63) is 30.6 Å². The third-order valence-corrected chi connectivity index (χ3v) is 1.86. The van der Waals surface area contributed by atoms with E-state index in [9.17, 15) is 12.9 Å². The van der Waals surface area contributed by atoms with Crippen molar-refractivity contribution in [2.75, 3.05) is 0 Å². The molecule has 0 amide bonds. The molecule has 0 saturated heterocycles. The summed E-state index contributed by atoms with van der Waals surface area (Å²) in [5.74, 6) is 0. The van der Waals surface area contributed by atoms with Crippen molar-refractivity contribution >= 4 is 12.4 Å². The summed E-state index contributed by atoms with van der Waals surface area (Å²) >= 11 is 0. The second-order valence-corrected chi connectivity index (χ2v) is 2.92. The van der Waals surface area contributed by atoms with E-state index in [0.717, 1.165) is 12.1 Å². The van der Waals surface area contributed by atoms with Crippen LogP contribution in [0.4, 0.5) is 12.9 Å². The summed E-state index contributed by atoms with van der Waals surface area (Å²) in [5.41, 5.74) is -0.375. The zero-order valence-electron chi connectivity index (χ0n) is 7.39. The van der Waals surface area contributed by atoms with Gasteiger partial charge in [-0.1, -0.05) is 18.2 Å². The quantitative estimate of drug-likeness (QED) is 0.690. The molecule has 1 heterocycles. The van der Waals surface area contributed by atoms with E-state index in [0.29, 0.717) is 0 Å². The Morgan fingerprint density at radius 2 is 2.00 bits per heavy atom. The summed E-state index contributed by atoms with van der Waals surface area (Å²) in [4.78, 5) is 0. The number of hydrogen-bond donors (Lipinski definition) is 0. The third kappa shape index (κ3) is 1.98. The van der Waals surface area contributed by atoms with Crippen molar-refractivity contribution in [2.24, 2.45) is 0 Å². The van der Waals surface area contributed by atoms with E-state index < -0.39 is 12.4 Å². The van der Waals surface area contributed by atoms with Crippen molar-refractivity contribution in [1.29, 1.82) is 0 Å². The average Bonchev–Trinajstić information content (AvgIpc) is 2.69. The first-order valence-corrected chi connectivity index (χ1v) is 4.10. The molecule has 4 nitrogen and oxygen atoms in total. The van der Waals surface area contributed by atoms with Gasteiger partial charge < -0.3 is 12.9 Å². The zero-order valence-corrected chi connectivity index (χ0v) is 7.39. The van der Waals surface area contributed by atoms with Crippen LogP contribution in [0.2, 0.25) is 0 Å². The molecular formula is C7H5BF3N4-. The molecule has 2 rings (SSSR count). The van der Waals surface area contributed by atoms with Gasteiger partial charge in [-0.05, 0) is 16.5 Å². The molecule has 0 fully saturated rings. The summed E-state index contributed by atoms with van der Waals surface area (Å²) in [6.45, 7) is -4.99. The molecule has 8 heteroatoms. The van der Waals surface area contributed by atoms with Crippen molar-refractivity contribution in [2.45, 2.75) is 0 Å². The van der Waals surface area contributed by atoms with Gasteiger partial charge in [-0.15, -0.1) is 10.6 Å². The third-order valence-electron chi connectivity index (χ3n) is 1.86. The smallest absolute Gasteiger partial charge is 0.445 e. The summed E-state index contributed by atoms with van der Waals surface area (Å²) in [6.07, 6.45) is 1.24. The molecule has 0 aliphatic carbocycles. The topological polar surface area (TPSA) is 43.6 Å². The first kappa shape index (κ1) is 9.69. The van der Waals surface area contributed by atoms with E-state index in [1.165, 1.54) is 23.1 Å². The van der Waals surface area contributed by atoms with Gasteiger partial charge in [0.2, 0.25) is 0 Å². The van der Waals surface area contributed by atoms with Crippen LogP contribution in [0.3, 0.4) is 0 Å². The molecule has 0 unspecified atom stereocenters. The molecule has 2 aromatic rings. The molecule has 0 N–H and O–H groups in total. The lowest BCUT2D eigenvalue weighted by atomic mass is 9.80. The van der Waals surface area contributed by atoms with Gasteiger partial charge in [0.15, 0.2) is 0 Å². The predicted octanol–water partition coefficient (Wildman–Crippen LogP) is 0.717. The number of rotatable bonds is 2. The molecule has 15 heavy (non-hydrogen) atoms. The van der Waals surface area contributed by atoms with Crippen LogP contribution in [-0.2, 0) is 0 Å². The Balaban J connectivity index is 2.44. The van der Waals surface area contributed by atoms with Crippen LogP contribution in [-0.4, -0.2) is 27.2 Å². The number of aromatic nitrogens is 4. The Labute approximate surface area is 82.8 Å². The fourth-order valence-corrected chi connectivity index (χ4v) is 1.15. The van der Waals surface area contributed by atoms with Crippen LogP contribution in [0.1, 0.15) is 0 Å². The van der Waals surface area contributed by atoms with E-state index >= 15 is 0 Å². The number of hydrogen-bond acceptors (Lipinski definition) is 3. The first-order valence-electron chi connectivity index (χ1n) is 4.10. The molecular weight excluding hydrogens is 208 g/mol. The molecule has 78 valence electrons. The molecule has 0 aliphatic rings. The standard InChI is InChI=1S/C7H5BF3N4/c9-8(10,11)6-2-1-3-7(4-6)15-5-12-13-14-15/h1-5H/q-1. The number of benzene rings is 1. The van der Waals surface area contributed by atoms with Gasteiger partial charge in [0, 0.05) is 0 Å². The van der Waals surface area contributed by atoms with Crippen LogP contribution in [0.15, 0.2) is 30.6 Å². The van der Waals surface area contributed by atoms with Gasteiger partial charge in [-0.3, -0.25) is 0 Å². The Morgan fingerprint density at radius 1 is 1.20 bits per heavy atom. The highest BCUT2D eigenvalue weighted by Gasteiger charge is 2.25. The molecule has 0 aliphatic heterocycles. The summed E-state index contributed by atoms with van der Waals surface area (Å²) < 4.78 is 38.4. The fourth-order valence-electron chi connectivity index (χ4n) is 1.15. The Kier molecular flexibility index (Phi) is 2.18. The normalized spacial score (nSPS) is 11.7. The Hall–Kier alpha value is -1.86. The zero-order chi connectivity index (χ0) is 10.9. The van der Waals surface area contributed by atoms with Crippen molar-refractivity contribution in [3.8, 4) is 5.69 Å². The second kappa shape index (κ2) is 3.37. The SMILES string of the molecule is F[B-](F)(F)c1cccc(-n2cnnn2)c1.